The highest BCUT2D eigenvalue weighted by molar-refractivity contribution is 5.32. The second-order valence-corrected chi connectivity index (χ2v) is 5.38. The summed E-state index contributed by atoms with van der Waals surface area (Å²) in [5, 5.41) is 10.6. The molecule has 0 saturated heterocycles. The number of halogens is 1. The third kappa shape index (κ3) is 3.21. The van der Waals surface area contributed by atoms with E-state index in [0.29, 0.717) is 12.0 Å². The van der Waals surface area contributed by atoms with Gasteiger partial charge in [-0.1, -0.05) is 30.3 Å². The molecule has 0 spiro atoms. The van der Waals surface area contributed by atoms with Crippen LogP contribution in [-0.2, 0) is 12.0 Å². The summed E-state index contributed by atoms with van der Waals surface area (Å²) in [5.74, 6) is -0.321. The normalized spacial score (nSPS) is 14.2. The maximum atomic E-state index is 13.2. The first kappa shape index (κ1) is 13.8. The van der Waals surface area contributed by atoms with Crippen LogP contribution >= 0.6 is 0 Å². The number of benzene rings is 2. The number of aliphatic hydroxyl groups is 1. The minimum atomic E-state index is -1.07. The summed E-state index contributed by atoms with van der Waals surface area (Å²) in [6.45, 7) is 5.83. The summed E-state index contributed by atoms with van der Waals surface area (Å²) in [6, 6.07) is 12.3. The van der Waals surface area contributed by atoms with Gasteiger partial charge in [-0.2, -0.15) is 0 Å². The number of hydrogen-bond donors (Lipinski definition) is 1. The van der Waals surface area contributed by atoms with Crippen molar-refractivity contribution >= 4 is 0 Å². The molecule has 0 aliphatic heterocycles. The maximum Gasteiger partial charge on any atom is 0.123 e. The molecule has 100 valence electrons. The Morgan fingerprint density at radius 1 is 1.05 bits per heavy atom. The fourth-order valence-corrected chi connectivity index (χ4v) is 2.24. The molecule has 1 nitrogen and oxygen atoms in total. The molecule has 2 aromatic carbocycles. The van der Waals surface area contributed by atoms with E-state index in [-0.39, 0.29) is 5.82 Å². The first-order valence-corrected chi connectivity index (χ1v) is 6.43. The molecule has 0 aromatic heterocycles. The molecule has 2 heteroatoms. The van der Waals surface area contributed by atoms with Crippen LogP contribution in [0.3, 0.4) is 0 Å². The van der Waals surface area contributed by atoms with Crippen LogP contribution in [0.1, 0.15) is 29.2 Å². The maximum absolute atomic E-state index is 13.2. The Balaban J connectivity index is 2.27. The van der Waals surface area contributed by atoms with Crippen LogP contribution in [-0.4, -0.2) is 5.11 Å². The zero-order valence-corrected chi connectivity index (χ0v) is 11.6. The van der Waals surface area contributed by atoms with Crippen LogP contribution in [0.15, 0.2) is 42.5 Å². The van der Waals surface area contributed by atoms with Crippen LogP contribution in [0, 0.1) is 19.7 Å². The first-order valence-electron chi connectivity index (χ1n) is 6.43. The standard InChI is InChI=1S/C17H19FO/c1-12-7-8-14(9-13(12)2)11-17(3,19)15-5-4-6-16(18)10-15/h4-10,19H,11H2,1-3H3. The van der Waals surface area contributed by atoms with Crippen LogP contribution in [0.5, 0.6) is 0 Å². The van der Waals surface area contributed by atoms with E-state index in [9.17, 15) is 9.50 Å². The van der Waals surface area contributed by atoms with E-state index in [2.05, 4.69) is 19.9 Å². The molecular weight excluding hydrogens is 239 g/mol. The molecule has 0 heterocycles. The van der Waals surface area contributed by atoms with Crippen molar-refractivity contribution in [2.75, 3.05) is 0 Å². The average Bonchev–Trinajstić information content (AvgIpc) is 2.33. The Bertz CT molecular complexity index is 588. The molecular formula is C17H19FO. The van der Waals surface area contributed by atoms with E-state index in [1.54, 1.807) is 19.1 Å². The minimum absolute atomic E-state index is 0.321. The summed E-state index contributed by atoms with van der Waals surface area (Å²) >= 11 is 0. The van der Waals surface area contributed by atoms with Crippen LogP contribution < -0.4 is 0 Å². The Morgan fingerprint density at radius 3 is 2.42 bits per heavy atom. The summed E-state index contributed by atoms with van der Waals surface area (Å²) in [4.78, 5) is 0. The predicted octanol–water partition coefficient (Wildman–Crippen LogP) is 3.89. The predicted molar refractivity (Wildman–Crippen MR) is 75.6 cm³/mol. The second kappa shape index (κ2) is 5.14. The lowest BCUT2D eigenvalue weighted by Crippen LogP contribution is -2.24. The highest BCUT2D eigenvalue weighted by Crippen LogP contribution is 2.26. The topological polar surface area (TPSA) is 20.2 Å². The highest BCUT2D eigenvalue weighted by atomic mass is 19.1. The van der Waals surface area contributed by atoms with Gasteiger partial charge in [0.15, 0.2) is 0 Å². The zero-order chi connectivity index (χ0) is 14.0. The SMILES string of the molecule is Cc1ccc(CC(C)(O)c2cccc(F)c2)cc1C. The largest absolute Gasteiger partial charge is 0.385 e. The fraction of sp³-hybridized carbons (Fsp3) is 0.294. The second-order valence-electron chi connectivity index (χ2n) is 5.38. The Kier molecular flexibility index (Phi) is 3.72. The lowest BCUT2D eigenvalue weighted by molar-refractivity contribution is 0.0573. The summed E-state index contributed by atoms with van der Waals surface area (Å²) in [6.07, 6.45) is 0.470. The monoisotopic (exact) mass is 258 g/mol. The Morgan fingerprint density at radius 2 is 1.79 bits per heavy atom. The molecule has 2 aromatic rings. The van der Waals surface area contributed by atoms with Crippen molar-refractivity contribution in [3.63, 3.8) is 0 Å². The molecule has 0 saturated carbocycles. The molecule has 19 heavy (non-hydrogen) atoms. The molecule has 0 amide bonds. The smallest absolute Gasteiger partial charge is 0.123 e. The number of hydrogen-bond acceptors (Lipinski definition) is 1. The number of rotatable bonds is 3. The van der Waals surface area contributed by atoms with Gasteiger partial charge in [-0.15, -0.1) is 0 Å². The quantitative estimate of drug-likeness (QED) is 0.885. The van der Waals surface area contributed by atoms with Crippen molar-refractivity contribution in [1.29, 1.82) is 0 Å². The van der Waals surface area contributed by atoms with E-state index in [1.165, 1.54) is 23.3 Å². The van der Waals surface area contributed by atoms with Crippen molar-refractivity contribution in [3.8, 4) is 0 Å². The molecule has 0 aliphatic carbocycles. The average molecular weight is 258 g/mol. The van der Waals surface area contributed by atoms with Gasteiger partial charge >= 0.3 is 0 Å². The summed E-state index contributed by atoms with van der Waals surface area (Å²) < 4.78 is 13.2. The van der Waals surface area contributed by atoms with Gasteiger partial charge in [-0.25, -0.2) is 4.39 Å². The molecule has 1 atom stereocenters. The van der Waals surface area contributed by atoms with E-state index < -0.39 is 5.60 Å². The van der Waals surface area contributed by atoms with E-state index in [4.69, 9.17) is 0 Å². The lowest BCUT2D eigenvalue weighted by atomic mass is 9.88. The van der Waals surface area contributed by atoms with Gasteiger partial charge in [0, 0.05) is 6.42 Å². The van der Waals surface area contributed by atoms with Gasteiger partial charge in [0.25, 0.3) is 0 Å². The van der Waals surface area contributed by atoms with Gasteiger partial charge in [0.2, 0.25) is 0 Å². The van der Waals surface area contributed by atoms with Crippen molar-refractivity contribution in [2.24, 2.45) is 0 Å². The fourth-order valence-electron chi connectivity index (χ4n) is 2.24. The Hall–Kier alpha value is -1.67. The van der Waals surface area contributed by atoms with Crippen LogP contribution in [0.2, 0.25) is 0 Å². The Labute approximate surface area is 113 Å². The molecule has 0 fully saturated rings. The van der Waals surface area contributed by atoms with E-state index >= 15 is 0 Å². The summed E-state index contributed by atoms with van der Waals surface area (Å²) in [7, 11) is 0. The van der Waals surface area contributed by atoms with E-state index in [1.807, 2.05) is 12.1 Å². The van der Waals surface area contributed by atoms with Crippen molar-refractivity contribution < 1.29 is 9.50 Å². The molecule has 1 unspecified atom stereocenters. The van der Waals surface area contributed by atoms with Crippen LogP contribution in [0.4, 0.5) is 4.39 Å². The third-order valence-corrected chi connectivity index (χ3v) is 3.57. The zero-order valence-electron chi connectivity index (χ0n) is 11.6. The van der Waals surface area contributed by atoms with Gasteiger partial charge in [-0.3, -0.25) is 0 Å². The lowest BCUT2D eigenvalue weighted by Gasteiger charge is -2.24. The first-order chi connectivity index (χ1) is 8.88. The van der Waals surface area contributed by atoms with Gasteiger partial charge in [0.1, 0.15) is 5.82 Å². The third-order valence-electron chi connectivity index (χ3n) is 3.57. The molecule has 2 rings (SSSR count). The summed E-state index contributed by atoms with van der Waals surface area (Å²) in [5.41, 5.74) is 3.02. The van der Waals surface area contributed by atoms with Crippen molar-refractivity contribution in [3.05, 3.63) is 70.5 Å². The molecule has 0 bridgehead atoms. The van der Waals surface area contributed by atoms with Crippen LogP contribution in [0.25, 0.3) is 0 Å². The van der Waals surface area contributed by atoms with Gasteiger partial charge < -0.3 is 5.11 Å². The molecule has 0 aliphatic rings. The van der Waals surface area contributed by atoms with Crippen molar-refractivity contribution in [2.45, 2.75) is 32.8 Å². The van der Waals surface area contributed by atoms with Gasteiger partial charge in [0.05, 0.1) is 5.60 Å². The minimum Gasteiger partial charge on any atom is -0.385 e. The van der Waals surface area contributed by atoms with Gasteiger partial charge in [-0.05, 0) is 55.2 Å². The molecule has 0 radical (unpaired) electrons. The van der Waals surface area contributed by atoms with E-state index in [0.717, 1.165) is 5.56 Å². The molecule has 1 N–H and O–H groups in total. The van der Waals surface area contributed by atoms with Crippen molar-refractivity contribution in [1.82, 2.24) is 0 Å². The number of aryl methyl sites for hydroxylation is 2. The highest BCUT2D eigenvalue weighted by Gasteiger charge is 2.24.